The molecule has 2 aromatic rings. The number of aliphatic carboxylic acids is 1. The lowest BCUT2D eigenvalue weighted by Gasteiger charge is -2.36. The van der Waals surface area contributed by atoms with Gasteiger partial charge in [0.2, 0.25) is 0 Å². The van der Waals surface area contributed by atoms with E-state index in [0.29, 0.717) is 38.2 Å². The first-order valence-corrected chi connectivity index (χ1v) is 9.87. The highest BCUT2D eigenvalue weighted by molar-refractivity contribution is 5.96. The maximum Gasteiger partial charge on any atom is 0.308 e. The van der Waals surface area contributed by atoms with Crippen LogP contribution in [0.4, 0.5) is 0 Å². The molecule has 2 heterocycles. The SMILES string of the molecule is COc1ccccc1-c1cccc(C(=O)N2CC(C(=O)O)C3(CCOCC3)C2)c1. The van der Waals surface area contributed by atoms with Crippen LogP contribution >= 0.6 is 0 Å². The molecule has 2 aliphatic rings. The van der Waals surface area contributed by atoms with E-state index in [1.54, 1.807) is 18.1 Å². The number of carboxylic acids is 1. The van der Waals surface area contributed by atoms with Crippen molar-refractivity contribution in [3.8, 4) is 16.9 Å². The number of methoxy groups -OCH3 is 1. The average molecular weight is 395 g/mol. The summed E-state index contributed by atoms with van der Waals surface area (Å²) < 4.78 is 10.9. The summed E-state index contributed by atoms with van der Waals surface area (Å²) in [6.45, 7) is 1.81. The summed E-state index contributed by atoms with van der Waals surface area (Å²) in [7, 11) is 1.62. The molecular formula is C23H25NO5. The normalized spacial score (nSPS) is 20.6. The fourth-order valence-corrected chi connectivity index (χ4v) is 4.63. The summed E-state index contributed by atoms with van der Waals surface area (Å²) in [5, 5.41) is 9.76. The Kier molecular flexibility index (Phi) is 5.28. The predicted octanol–water partition coefficient (Wildman–Crippen LogP) is 3.32. The lowest BCUT2D eigenvalue weighted by Crippen LogP contribution is -2.40. The van der Waals surface area contributed by atoms with E-state index in [-0.39, 0.29) is 17.9 Å². The van der Waals surface area contributed by atoms with Crippen molar-refractivity contribution in [2.75, 3.05) is 33.4 Å². The van der Waals surface area contributed by atoms with E-state index in [9.17, 15) is 14.7 Å². The number of hydrogen-bond acceptors (Lipinski definition) is 4. The fraction of sp³-hybridized carbons (Fsp3) is 0.391. The van der Waals surface area contributed by atoms with Crippen molar-refractivity contribution < 1.29 is 24.2 Å². The molecule has 0 aromatic heterocycles. The Labute approximate surface area is 170 Å². The summed E-state index contributed by atoms with van der Waals surface area (Å²) in [5.74, 6) is -0.764. The molecular weight excluding hydrogens is 370 g/mol. The van der Waals surface area contributed by atoms with Gasteiger partial charge in [-0.3, -0.25) is 9.59 Å². The van der Waals surface area contributed by atoms with E-state index in [0.717, 1.165) is 16.9 Å². The molecule has 6 nitrogen and oxygen atoms in total. The lowest BCUT2D eigenvalue weighted by atomic mass is 9.72. The Balaban J connectivity index is 1.61. The average Bonchev–Trinajstić information content (AvgIpc) is 3.12. The Morgan fingerprint density at radius 1 is 1.14 bits per heavy atom. The van der Waals surface area contributed by atoms with E-state index in [4.69, 9.17) is 9.47 Å². The number of carbonyl (C=O) groups is 2. The molecule has 6 heteroatoms. The standard InChI is InChI=1S/C23H25NO5/c1-28-20-8-3-2-7-18(20)16-5-4-6-17(13-16)21(25)24-14-19(22(26)27)23(15-24)9-11-29-12-10-23/h2-8,13,19H,9-12,14-15H2,1H3,(H,26,27). The first-order valence-electron chi connectivity index (χ1n) is 9.87. The van der Waals surface area contributed by atoms with Gasteiger partial charge in [0.25, 0.3) is 5.91 Å². The molecule has 0 radical (unpaired) electrons. The van der Waals surface area contributed by atoms with Gasteiger partial charge in [-0.15, -0.1) is 0 Å². The zero-order valence-electron chi connectivity index (χ0n) is 16.5. The molecule has 1 amide bonds. The van der Waals surface area contributed by atoms with Crippen LogP contribution < -0.4 is 4.74 Å². The Hall–Kier alpha value is -2.86. The van der Waals surface area contributed by atoms with Crippen LogP contribution in [0.25, 0.3) is 11.1 Å². The number of amides is 1. The van der Waals surface area contributed by atoms with Crippen molar-refractivity contribution >= 4 is 11.9 Å². The summed E-state index contributed by atoms with van der Waals surface area (Å²) in [4.78, 5) is 26.8. The van der Waals surface area contributed by atoms with Crippen LogP contribution in [0.1, 0.15) is 23.2 Å². The number of para-hydroxylation sites is 1. The van der Waals surface area contributed by atoms with E-state index >= 15 is 0 Å². The number of hydrogen-bond donors (Lipinski definition) is 1. The number of benzene rings is 2. The van der Waals surface area contributed by atoms with Crippen molar-refractivity contribution in [3.05, 3.63) is 54.1 Å². The molecule has 152 valence electrons. The molecule has 1 atom stereocenters. The summed E-state index contributed by atoms with van der Waals surface area (Å²) in [5.41, 5.74) is 1.97. The third-order valence-electron chi connectivity index (χ3n) is 6.25. The van der Waals surface area contributed by atoms with Gasteiger partial charge in [-0.25, -0.2) is 0 Å². The van der Waals surface area contributed by atoms with Crippen LogP contribution in [0.15, 0.2) is 48.5 Å². The first-order chi connectivity index (χ1) is 14.0. The Morgan fingerprint density at radius 2 is 1.90 bits per heavy atom. The molecule has 2 aromatic carbocycles. The molecule has 0 bridgehead atoms. The number of likely N-dealkylation sites (tertiary alicyclic amines) is 1. The minimum atomic E-state index is -0.829. The van der Waals surface area contributed by atoms with E-state index < -0.39 is 11.9 Å². The maximum atomic E-state index is 13.2. The second kappa shape index (κ2) is 7.87. The van der Waals surface area contributed by atoms with Crippen LogP contribution in [-0.2, 0) is 9.53 Å². The summed E-state index contributed by atoms with van der Waals surface area (Å²) in [6.07, 6.45) is 1.35. The van der Waals surface area contributed by atoms with Gasteiger partial charge < -0.3 is 19.5 Å². The first kappa shape index (κ1) is 19.5. The third-order valence-corrected chi connectivity index (χ3v) is 6.25. The Morgan fingerprint density at radius 3 is 2.62 bits per heavy atom. The molecule has 2 aliphatic heterocycles. The molecule has 29 heavy (non-hydrogen) atoms. The highest BCUT2D eigenvalue weighted by Gasteiger charge is 2.52. The molecule has 4 rings (SSSR count). The van der Waals surface area contributed by atoms with Crippen LogP contribution in [0.2, 0.25) is 0 Å². The Bertz CT molecular complexity index is 919. The van der Waals surface area contributed by atoms with Gasteiger partial charge in [0.1, 0.15) is 5.75 Å². The number of rotatable bonds is 4. The van der Waals surface area contributed by atoms with Crippen molar-refractivity contribution in [1.29, 1.82) is 0 Å². The van der Waals surface area contributed by atoms with Gasteiger partial charge in [-0.2, -0.15) is 0 Å². The lowest BCUT2D eigenvalue weighted by molar-refractivity contribution is -0.146. The second-order valence-corrected chi connectivity index (χ2v) is 7.83. The zero-order valence-corrected chi connectivity index (χ0v) is 16.5. The van der Waals surface area contributed by atoms with Crippen molar-refractivity contribution in [2.24, 2.45) is 11.3 Å². The highest BCUT2D eigenvalue weighted by atomic mass is 16.5. The quantitative estimate of drug-likeness (QED) is 0.860. The monoisotopic (exact) mass is 395 g/mol. The minimum Gasteiger partial charge on any atom is -0.496 e. The van der Waals surface area contributed by atoms with Crippen LogP contribution in [0.5, 0.6) is 5.75 Å². The largest absolute Gasteiger partial charge is 0.496 e. The number of carbonyl (C=O) groups excluding carboxylic acids is 1. The minimum absolute atomic E-state index is 0.128. The molecule has 1 N–H and O–H groups in total. The van der Waals surface area contributed by atoms with Gasteiger partial charge in [-0.1, -0.05) is 30.3 Å². The van der Waals surface area contributed by atoms with Gasteiger partial charge in [0.15, 0.2) is 0 Å². The maximum absolute atomic E-state index is 13.2. The van der Waals surface area contributed by atoms with Gasteiger partial charge in [-0.05, 0) is 36.6 Å². The smallest absolute Gasteiger partial charge is 0.308 e. The molecule has 1 unspecified atom stereocenters. The number of carboxylic acid groups (broad SMARTS) is 1. The summed E-state index contributed by atoms with van der Waals surface area (Å²) >= 11 is 0. The topological polar surface area (TPSA) is 76.1 Å². The van der Waals surface area contributed by atoms with Gasteiger partial charge >= 0.3 is 5.97 Å². The molecule has 1 spiro atoms. The van der Waals surface area contributed by atoms with Gasteiger partial charge in [0, 0.05) is 42.8 Å². The highest BCUT2D eigenvalue weighted by Crippen LogP contribution is 2.45. The van der Waals surface area contributed by atoms with Crippen molar-refractivity contribution in [3.63, 3.8) is 0 Å². The second-order valence-electron chi connectivity index (χ2n) is 7.83. The molecule has 0 saturated carbocycles. The number of ether oxygens (including phenoxy) is 2. The summed E-state index contributed by atoms with van der Waals surface area (Å²) in [6, 6.07) is 15.1. The molecule has 2 fully saturated rings. The van der Waals surface area contributed by atoms with Crippen molar-refractivity contribution in [2.45, 2.75) is 12.8 Å². The van der Waals surface area contributed by atoms with Crippen molar-refractivity contribution in [1.82, 2.24) is 4.90 Å². The van der Waals surface area contributed by atoms with E-state index in [1.165, 1.54) is 0 Å². The van der Waals surface area contributed by atoms with Crippen LogP contribution in [0, 0.1) is 11.3 Å². The van der Waals surface area contributed by atoms with Crippen LogP contribution in [0.3, 0.4) is 0 Å². The predicted molar refractivity (Wildman–Crippen MR) is 108 cm³/mol. The fourth-order valence-electron chi connectivity index (χ4n) is 4.63. The molecule has 0 aliphatic carbocycles. The van der Waals surface area contributed by atoms with Gasteiger partial charge in [0.05, 0.1) is 13.0 Å². The van der Waals surface area contributed by atoms with E-state index in [1.807, 2.05) is 42.5 Å². The molecule has 2 saturated heterocycles. The van der Waals surface area contributed by atoms with Crippen LogP contribution in [-0.4, -0.2) is 55.3 Å². The van der Waals surface area contributed by atoms with E-state index in [2.05, 4.69) is 0 Å². The number of nitrogens with zero attached hydrogens (tertiary/aromatic N) is 1. The third kappa shape index (κ3) is 3.60. The zero-order chi connectivity index (χ0) is 20.4.